The van der Waals surface area contributed by atoms with Gasteiger partial charge in [-0.15, -0.1) is 5.10 Å². The van der Waals surface area contributed by atoms with Crippen molar-refractivity contribution >= 4 is 17.2 Å². The van der Waals surface area contributed by atoms with Crippen molar-refractivity contribution in [2.24, 2.45) is 17.6 Å². The fraction of sp³-hybridized carbons (Fsp3) is 0.727. The fourth-order valence-electron chi connectivity index (χ4n) is 1.81. The first-order chi connectivity index (χ1) is 7.58. The van der Waals surface area contributed by atoms with Crippen LogP contribution in [-0.2, 0) is 13.0 Å². The van der Waals surface area contributed by atoms with Gasteiger partial charge in [0.25, 0.3) is 0 Å². The first-order valence-corrected chi connectivity index (χ1v) is 6.21. The number of hydrogen-bond acceptors (Lipinski definition) is 3. The van der Waals surface area contributed by atoms with Crippen LogP contribution >= 0.6 is 12.2 Å². The Morgan fingerprint density at radius 1 is 1.56 bits per heavy atom. The van der Waals surface area contributed by atoms with Gasteiger partial charge in [-0.25, -0.2) is 4.68 Å². The van der Waals surface area contributed by atoms with Crippen LogP contribution in [0.5, 0.6) is 0 Å². The van der Waals surface area contributed by atoms with E-state index in [-0.39, 0.29) is 0 Å². The van der Waals surface area contributed by atoms with Crippen molar-refractivity contribution in [3.63, 3.8) is 0 Å². The van der Waals surface area contributed by atoms with Crippen molar-refractivity contribution in [3.8, 4) is 0 Å². The van der Waals surface area contributed by atoms with E-state index in [9.17, 15) is 0 Å². The van der Waals surface area contributed by atoms with E-state index in [1.165, 1.54) is 12.8 Å². The molecule has 1 aliphatic rings. The third-order valence-electron chi connectivity index (χ3n) is 2.79. The van der Waals surface area contributed by atoms with E-state index in [4.69, 9.17) is 18.0 Å². The molecule has 0 atom stereocenters. The highest BCUT2D eigenvalue weighted by Crippen LogP contribution is 2.33. The van der Waals surface area contributed by atoms with Crippen molar-refractivity contribution in [3.05, 3.63) is 11.4 Å². The quantitative estimate of drug-likeness (QED) is 0.790. The van der Waals surface area contributed by atoms with E-state index >= 15 is 0 Å². The largest absolute Gasteiger partial charge is 0.388 e. The Bertz CT molecular complexity index is 393. The molecule has 0 radical (unpaired) electrons. The zero-order valence-corrected chi connectivity index (χ0v) is 10.6. The number of rotatable bonds is 5. The monoisotopic (exact) mass is 238 g/mol. The van der Waals surface area contributed by atoms with E-state index < -0.39 is 0 Å². The molecule has 88 valence electrons. The fourth-order valence-corrected chi connectivity index (χ4v) is 1.97. The van der Waals surface area contributed by atoms with Crippen molar-refractivity contribution in [1.82, 2.24) is 15.0 Å². The lowest BCUT2D eigenvalue weighted by Crippen LogP contribution is -2.16. The van der Waals surface area contributed by atoms with Crippen molar-refractivity contribution in [2.75, 3.05) is 0 Å². The molecule has 1 heterocycles. The molecule has 0 amide bonds. The SMILES string of the molecule is CC(C)Cn1nnc(C(N)=S)c1CC1CC1. The second-order valence-corrected chi connectivity index (χ2v) is 5.41. The minimum Gasteiger partial charge on any atom is -0.388 e. The standard InChI is InChI=1S/C11H18N4S/c1-7(2)6-15-9(5-8-3-4-8)10(11(12)16)13-14-15/h7-8H,3-6H2,1-2H3,(H2,12,16). The molecule has 1 fully saturated rings. The second-order valence-electron chi connectivity index (χ2n) is 4.97. The summed E-state index contributed by atoms with van der Waals surface area (Å²) in [6.45, 7) is 5.23. The number of thiocarbonyl (C=S) groups is 1. The number of nitrogens with two attached hydrogens (primary N) is 1. The Morgan fingerprint density at radius 2 is 2.25 bits per heavy atom. The van der Waals surface area contributed by atoms with Crippen LogP contribution in [0.4, 0.5) is 0 Å². The van der Waals surface area contributed by atoms with Gasteiger partial charge in [0.2, 0.25) is 0 Å². The van der Waals surface area contributed by atoms with E-state index in [1.54, 1.807) is 0 Å². The predicted octanol–water partition coefficient (Wildman–Crippen LogP) is 1.52. The molecule has 0 unspecified atom stereocenters. The van der Waals surface area contributed by atoms with Gasteiger partial charge in [0, 0.05) is 6.54 Å². The summed E-state index contributed by atoms with van der Waals surface area (Å²) in [5, 5.41) is 8.25. The van der Waals surface area contributed by atoms with Crippen molar-refractivity contribution < 1.29 is 0 Å². The molecule has 1 aromatic heterocycles. The summed E-state index contributed by atoms with van der Waals surface area (Å²) in [5.41, 5.74) is 7.52. The maximum absolute atomic E-state index is 5.67. The van der Waals surface area contributed by atoms with Gasteiger partial charge in [-0.2, -0.15) is 0 Å². The molecule has 0 aliphatic heterocycles. The van der Waals surface area contributed by atoms with Crippen molar-refractivity contribution in [1.29, 1.82) is 0 Å². The molecule has 1 saturated carbocycles. The predicted molar refractivity (Wildman–Crippen MR) is 67.2 cm³/mol. The van der Waals surface area contributed by atoms with Gasteiger partial charge in [0.1, 0.15) is 10.7 Å². The molecule has 1 aromatic rings. The van der Waals surface area contributed by atoms with Crippen LogP contribution in [0.1, 0.15) is 38.1 Å². The smallest absolute Gasteiger partial charge is 0.143 e. The average Bonchev–Trinajstić information content (AvgIpc) is 2.89. The van der Waals surface area contributed by atoms with Crippen LogP contribution in [-0.4, -0.2) is 20.0 Å². The molecule has 2 N–H and O–H groups in total. The van der Waals surface area contributed by atoms with Gasteiger partial charge < -0.3 is 5.73 Å². The number of hydrogen-bond donors (Lipinski definition) is 1. The molecule has 4 nitrogen and oxygen atoms in total. The molecule has 5 heteroatoms. The Kier molecular flexibility index (Phi) is 3.23. The van der Waals surface area contributed by atoms with E-state index in [1.807, 2.05) is 4.68 Å². The molecule has 0 saturated heterocycles. The van der Waals surface area contributed by atoms with Crippen molar-refractivity contribution in [2.45, 2.75) is 39.7 Å². The van der Waals surface area contributed by atoms with Gasteiger partial charge in [0.05, 0.1) is 5.69 Å². The third kappa shape index (κ3) is 2.58. The molecule has 0 aromatic carbocycles. The summed E-state index contributed by atoms with van der Waals surface area (Å²) in [6, 6.07) is 0. The normalized spacial score (nSPS) is 15.7. The van der Waals surface area contributed by atoms with Gasteiger partial charge in [-0.3, -0.25) is 0 Å². The van der Waals surface area contributed by atoms with Crippen LogP contribution in [0.2, 0.25) is 0 Å². The van der Waals surface area contributed by atoms with Gasteiger partial charge >= 0.3 is 0 Å². The molecule has 0 spiro atoms. The third-order valence-corrected chi connectivity index (χ3v) is 2.98. The second kappa shape index (κ2) is 4.49. The number of aromatic nitrogens is 3. The highest BCUT2D eigenvalue weighted by molar-refractivity contribution is 7.80. The topological polar surface area (TPSA) is 56.7 Å². The molecule has 1 aliphatic carbocycles. The van der Waals surface area contributed by atoms with E-state index in [0.29, 0.717) is 10.9 Å². The lowest BCUT2D eigenvalue weighted by atomic mass is 10.1. The van der Waals surface area contributed by atoms with Gasteiger partial charge in [-0.1, -0.05) is 31.3 Å². The highest BCUT2D eigenvalue weighted by Gasteiger charge is 2.26. The minimum absolute atomic E-state index is 0.366. The molecule has 16 heavy (non-hydrogen) atoms. The summed E-state index contributed by atoms with van der Waals surface area (Å²) in [4.78, 5) is 0.366. The molecule has 2 rings (SSSR count). The van der Waals surface area contributed by atoms with E-state index in [0.717, 1.165) is 30.3 Å². The van der Waals surface area contributed by atoms with Crippen LogP contribution in [0.15, 0.2) is 0 Å². The van der Waals surface area contributed by atoms with Crippen LogP contribution in [0.3, 0.4) is 0 Å². The van der Waals surface area contributed by atoms with Gasteiger partial charge in [-0.05, 0) is 31.1 Å². The van der Waals surface area contributed by atoms with E-state index in [2.05, 4.69) is 24.2 Å². The van der Waals surface area contributed by atoms with Crippen LogP contribution in [0.25, 0.3) is 0 Å². The van der Waals surface area contributed by atoms with Crippen LogP contribution in [0, 0.1) is 11.8 Å². The lowest BCUT2D eigenvalue weighted by molar-refractivity contribution is 0.455. The Balaban J connectivity index is 2.24. The Labute approximate surface area is 101 Å². The minimum atomic E-state index is 0.366. The maximum Gasteiger partial charge on any atom is 0.143 e. The summed E-state index contributed by atoms with van der Waals surface area (Å²) in [7, 11) is 0. The first kappa shape index (κ1) is 11.5. The first-order valence-electron chi connectivity index (χ1n) is 5.80. The Hall–Kier alpha value is -0.970. The summed E-state index contributed by atoms with van der Waals surface area (Å²) >= 11 is 5.01. The Morgan fingerprint density at radius 3 is 2.75 bits per heavy atom. The molecule has 0 bridgehead atoms. The number of nitrogens with zero attached hydrogens (tertiary/aromatic N) is 3. The zero-order valence-electron chi connectivity index (χ0n) is 9.81. The zero-order chi connectivity index (χ0) is 11.7. The summed E-state index contributed by atoms with van der Waals surface area (Å²) in [6.07, 6.45) is 3.64. The summed E-state index contributed by atoms with van der Waals surface area (Å²) in [5.74, 6) is 1.34. The molecular formula is C11H18N4S. The molecular weight excluding hydrogens is 220 g/mol. The van der Waals surface area contributed by atoms with Crippen LogP contribution < -0.4 is 5.73 Å². The average molecular weight is 238 g/mol. The highest BCUT2D eigenvalue weighted by atomic mass is 32.1. The van der Waals surface area contributed by atoms with Gasteiger partial charge in [0.15, 0.2) is 0 Å². The summed E-state index contributed by atoms with van der Waals surface area (Å²) < 4.78 is 1.97. The maximum atomic E-state index is 5.67. The lowest BCUT2D eigenvalue weighted by Gasteiger charge is -2.09.